The number of aromatic nitrogens is 1. The quantitative estimate of drug-likeness (QED) is 0.812. The molecule has 1 aliphatic rings. The first-order valence-corrected chi connectivity index (χ1v) is 5.45. The summed E-state index contributed by atoms with van der Waals surface area (Å²) in [6, 6.07) is 1.38. The highest BCUT2D eigenvalue weighted by Crippen LogP contribution is 2.38. The van der Waals surface area contributed by atoms with Crippen LogP contribution in [0.4, 0.5) is 4.39 Å². The summed E-state index contributed by atoms with van der Waals surface area (Å²) in [7, 11) is 0. The second kappa shape index (κ2) is 4.27. The van der Waals surface area contributed by atoms with E-state index in [1.807, 2.05) is 0 Å². The molecule has 1 aromatic heterocycles. The monoisotopic (exact) mass is 209 g/mol. The Kier molecular flexibility index (Phi) is 3.00. The lowest BCUT2D eigenvalue weighted by Gasteiger charge is -2.17. The fraction of sp³-hybridized carbons (Fsp3) is 0.583. The number of nitrogens with zero attached hydrogens (tertiary/aromatic N) is 1. The zero-order valence-corrected chi connectivity index (χ0v) is 8.86. The average Bonchev–Trinajstić information content (AvgIpc) is 2.64. The maximum absolute atomic E-state index is 12.9. The molecule has 1 N–H and O–H groups in total. The molecule has 82 valence electrons. The second-order valence-electron chi connectivity index (χ2n) is 4.56. The molecular weight excluding hydrogens is 193 g/mol. The first-order valence-electron chi connectivity index (χ1n) is 5.45. The molecule has 3 atom stereocenters. The predicted octanol–water partition coefficient (Wildman–Crippen LogP) is 2.69. The molecule has 0 amide bonds. The van der Waals surface area contributed by atoms with Crippen LogP contribution in [0.25, 0.3) is 0 Å². The van der Waals surface area contributed by atoms with Gasteiger partial charge in [-0.2, -0.15) is 0 Å². The van der Waals surface area contributed by atoms with Gasteiger partial charge in [-0.25, -0.2) is 4.39 Å². The van der Waals surface area contributed by atoms with Gasteiger partial charge in [0.05, 0.1) is 12.3 Å². The first-order chi connectivity index (χ1) is 7.16. The van der Waals surface area contributed by atoms with Crippen molar-refractivity contribution >= 4 is 0 Å². The Morgan fingerprint density at radius 2 is 2.27 bits per heavy atom. The van der Waals surface area contributed by atoms with Gasteiger partial charge in [-0.15, -0.1) is 0 Å². The molecule has 0 saturated heterocycles. The van der Waals surface area contributed by atoms with E-state index in [1.54, 1.807) is 6.20 Å². The van der Waals surface area contributed by atoms with Crippen molar-refractivity contribution < 1.29 is 9.50 Å². The Morgan fingerprint density at radius 1 is 1.47 bits per heavy atom. The van der Waals surface area contributed by atoms with Crippen LogP contribution in [-0.4, -0.2) is 10.1 Å². The van der Waals surface area contributed by atoms with Crippen molar-refractivity contribution in [2.75, 3.05) is 0 Å². The van der Waals surface area contributed by atoms with E-state index < -0.39 is 6.10 Å². The van der Waals surface area contributed by atoms with Crippen LogP contribution >= 0.6 is 0 Å². The van der Waals surface area contributed by atoms with E-state index in [9.17, 15) is 9.50 Å². The minimum absolute atomic E-state index is 0.267. The molecule has 1 heterocycles. The van der Waals surface area contributed by atoms with Gasteiger partial charge in [-0.05, 0) is 30.7 Å². The zero-order valence-electron chi connectivity index (χ0n) is 8.86. The van der Waals surface area contributed by atoms with Gasteiger partial charge in [-0.3, -0.25) is 4.98 Å². The summed E-state index contributed by atoms with van der Waals surface area (Å²) in [5, 5.41) is 10.1. The van der Waals surface area contributed by atoms with Crippen LogP contribution in [0.15, 0.2) is 18.5 Å². The number of aliphatic hydroxyl groups excluding tert-OH is 1. The molecule has 0 radical (unpaired) electrons. The Labute approximate surface area is 89.2 Å². The number of aliphatic hydroxyl groups is 1. The molecule has 2 rings (SSSR count). The third-order valence-corrected chi connectivity index (χ3v) is 3.25. The minimum Gasteiger partial charge on any atom is -0.388 e. The van der Waals surface area contributed by atoms with Gasteiger partial charge in [0.2, 0.25) is 0 Å². The fourth-order valence-corrected chi connectivity index (χ4v) is 2.40. The smallest absolute Gasteiger partial charge is 0.141 e. The number of hydrogen-bond donors (Lipinski definition) is 1. The summed E-state index contributed by atoms with van der Waals surface area (Å²) in [6.45, 7) is 2.19. The van der Waals surface area contributed by atoms with Crippen LogP contribution in [0.1, 0.15) is 37.9 Å². The van der Waals surface area contributed by atoms with Crippen molar-refractivity contribution in [3.8, 4) is 0 Å². The fourth-order valence-electron chi connectivity index (χ4n) is 2.40. The molecule has 1 aliphatic carbocycles. The molecule has 0 bridgehead atoms. The van der Waals surface area contributed by atoms with Gasteiger partial charge in [0, 0.05) is 11.8 Å². The molecule has 0 spiro atoms. The molecule has 1 aromatic rings. The van der Waals surface area contributed by atoms with Gasteiger partial charge < -0.3 is 5.11 Å². The highest BCUT2D eigenvalue weighted by atomic mass is 19.1. The van der Waals surface area contributed by atoms with E-state index in [2.05, 4.69) is 11.9 Å². The lowest BCUT2D eigenvalue weighted by Crippen LogP contribution is -2.10. The molecule has 0 aliphatic heterocycles. The Bertz CT molecular complexity index is 342. The molecule has 3 unspecified atom stereocenters. The summed E-state index contributed by atoms with van der Waals surface area (Å²) >= 11 is 0. The summed E-state index contributed by atoms with van der Waals surface area (Å²) in [5.41, 5.74) is 0.606. The van der Waals surface area contributed by atoms with Crippen molar-refractivity contribution in [1.82, 2.24) is 4.98 Å². The maximum Gasteiger partial charge on any atom is 0.141 e. The van der Waals surface area contributed by atoms with Crippen LogP contribution in [0.2, 0.25) is 0 Å². The van der Waals surface area contributed by atoms with E-state index in [0.717, 1.165) is 25.5 Å². The van der Waals surface area contributed by atoms with Crippen molar-refractivity contribution in [1.29, 1.82) is 0 Å². The topological polar surface area (TPSA) is 33.1 Å². The molecule has 1 fully saturated rings. The molecule has 2 nitrogen and oxygen atoms in total. The molecule has 15 heavy (non-hydrogen) atoms. The van der Waals surface area contributed by atoms with Gasteiger partial charge in [0.25, 0.3) is 0 Å². The van der Waals surface area contributed by atoms with Crippen LogP contribution in [0.5, 0.6) is 0 Å². The second-order valence-corrected chi connectivity index (χ2v) is 4.56. The minimum atomic E-state index is -0.557. The third-order valence-electron chi connectivity index (χ3n) is 3.25. The van der Waals surface area contributed by atoms with E-state index in [4.69, 9.17) is 0 Å². The zero-order chi connectivity index (χ0) is 10.8. The van der Waals surface area contributed by atoms with Gasteiger partial charge in [0.15, 0.2) is 0 Å². The van der Waals surface area contributed by atoms with Crippen molar-refractivity contribution in [2.45, 2.75) is 32.3 Å². The predicted molar refractivity (Wildman–Crippen MR) is 55.7 cm³/mol. The lowest BCUT2D eigenvalue weighted by molar-refractivity contribution is 0.109. The average molecular weight is 209 g/mol. The molecule has 3 heteroatoms. The van der Waals surface area contributed by atoms with E-state index in [-0.39, 0.29) is 11.7 Å². The van der Waals surface area contributed by atoms with Gasteiger partial charge in [0.1, 0.15) is 5.82 Å². The molecular formula is C12H16FNO. The van der Waals surface area contributed by atoms with Crippen LogP contribution in [0.3, 0.4) is 0 Å². The summed E-state index contributed by atoms with van der Waals surface area (Å²) < 4.78 is 12.9. The SMILES string of the molecule is CC1CCC(C(O)c2cncc(F)c2)C1. The number of hydrogen-bond acceptors (Lipinski definition) is 2. The highest BCUT2D eigenvalue weighted by Gasteiger charge is 2.28. The van der Waals surface area contributed by atoms with Crippen LogP contribution in [0, 0.1) is 17.7 Å². The van der Waals surface area contributed by atoms with Crippen LogP contribution in [-0.2, 0) is 0 Å². The van der Waals surface area contributed by atoms with E-state index in [1.165, 1.54) is 6.07 Å². The van der Waals surface area contributed by atoms with Crippen molar-refractivity contribution in [3.05, 3.63) is 29.8 Å². The standard InChI is InChI=1S/C12H16FNO/c1-8-2-3-9(4-8)12(15)10-5-11(13)7-14-6-10/h5-9,12,15H,2-4H2,1H3. The summed E-state index contributed by atoms with van der Waals surface area (Å²) in [6.07, 6.45) is 5.36. The largest absolute Gasteiger partial charge is 0.388 e. The Morgan fingerprint density at radius 3 is 2.87 bits per heavy atom. The van der Waals surface area contributed by atoms with Crippen LogP contribution < -0.4 is 0 Å². The number of halogens is 1. The van der Waals surface area contributed by atoms with E-state index >= 15 is 0 Å². The highest BCUT2D eigenvalue weighted by molar-refractivity contribution is 5.14. The van der Waals surface area contributed by atoms with Gasteiger partial charge >= 0.3 is 0 Å². The maximum atomic E-state index is 12.9. The summed E-state index contributed by atoms with van der Waals surface area (Å²) in [5.74, 6) is 0.562. The number of pyridine rings is 1. The van der Waals surface area contributed by atoms with Crippen molar-refractivity contribution in [3.63, 3.8) is 0 Å². The Hall–Kier alpha value is -0.960. The lowest BCUT2D eigenvalue weighted by atomic mass is 9.94. The Balaban J connectivity index is 2.10. The first kappa shape index (κ1) is 10.6. The number of rotatable bonds is 2. The normalized spacial score (nSPS) is 27.9. The third kappa shape index (κ3) is 2.34. The van der Waals surface area contributed by atoms with Crippen molar-refractivity contribution in [2.24, 2.45) is 11.8 Å². The molecule has 0 aromatic carbocycles. The van der Waals surface area contributed by atoms with Gasteiger partial charge in [-0.1, -0.05) is 13.3 Å². The molecule has 1 saturated carbocycles. The van der Waals surface area contributed by atoms with E-state index in [0.29, 0.717) is 11.5 Å². The summed E-state index contributed by atoms with van der Waals surface area (Å²) in [4.78, 5) is 3.76.